The number of benzene rings is 1. The van der Waals surface area contributed by atoms with Crippen molar-refractivity contribution in [2.24, 2.45) is 4.99 Å². The zero-order chi connectivity index (χ0) is 26.1. The second-order valence-electron chi connectivity index (χ2n) is 8.32. The van der Waals surface area contributed by atoms with Crippen molar-refractivity contribution in [1.29, 1.82) is 0 Å². The minimum atomic E-state index is -0.796. The average molecular weight is 489 g/mol. The third-order valence-electron chi connectivity index (χ3n) is 5.61. The molecule has 3 heterocycles. The highest BCUT2D eigenvalue weighted by molar-refractivity contribution is 5.97. The lowest BCUT2D eigenvalue weighted by atomic mass is 10.1. The molecule has 0 fully saturated rings. The molecule has 1 aromatic carbocycles. The summed E-state index contributed by atoms with van der Waals surface area (Å²) in [4.78, 5) is 59.0. The number of aryl methyl sites for hydroxylation is 1. The van der Waals surface area contributed by atoms with Crippen molar-refractivity contribution in [2.45, 2.75) is 33.7 Å². The van der Waals surface area contributed by atoms with Gasteiger partial charge in [0.05, 0.1) is 16.9 Å². The van der Waals surface area contributed by atoms with Crippen LogP contribution in [0.3, 0.4) is 0 Å². The van der Waals surface area contributed by atoms with Crippen LogP contribution in [0, 0.1) is 17.0 Å². The Hall–Kier alpha value is -4.67. The normalized spacial score (nSPS) is 11.9. The van der Waals surface area contributed by atoms with Crippen molar-refractivity contribution in [3.63, 3.8) is 0 Å². The number of nitro benzene ring substituents is 1. The zero-order valence-electron chi connectivity index (χ0n) is 20.1. The van der Waals surface area contributed by atoms with Crippen LogP contribution in [-0.4, -0.2) is 37.4 Å². The van der Waals surface area contributed by atoms with Crippen molar-refractivity contribution < 1.29 is 19.2 Å². The van der Waals surface area contributed by atoms with Gasteiger partial charge < -0.3 is 9.30 Å². The summed E-state index contributed by atoms with van der Waals surface area (Å²) in [7, 11) is 0. The lowest BCUT2D eigenvalue weighted by molar-refractivity contribution is -0.385. The Balaban J connectivity index is 2.11. The van der Waals surface area contributed by atoms with Crippen LogP contribution in [0.5, 0.6) is 0 Å². The van der Waals surface area contributed by atoms with Crippen LogP contribution in [0.2, 0.25) is 0 Å². The highest BCUT2D eigenvalue weighted by Crippen LogP contribution is 2.20. The fourth-order valence-electron chi connectivity index (χ4n) is 3.90. The molecule has 0 unspecified atom stereocenters. The van der Waals surface area contributed by atoms with Gasteiger partial charge in [0.25, 0.3) is 17.2 Å². The molecule has 0 N–H and O–H groups in total. The van der Waals surface area contributed by atoms with E-state index in [1.54, 1.807) is 52.1 Å². The molecule has 11 nitrogen and oxygen atoms in total. The van der Waals surface area contributed by atoms with Crippen LogP contribution < -0.4 is 11.0 Å². The smallest absolute Gasteiger partial charge is 0.341 e. The van der Waals surface area contributed by atoms with E-state index in [4.69, 9.17) is 4.74 Å². The standard InChI is InChI=1S/C25H23N5O6/c1-5-36-25(33)18-13-17-21(26-20-8-6-7-11-28(20)24(17)32)29(14(2)3)22(18)27-23(31)16-10-9-15(4)19(12-16)30(34)35/h6-14H,5H2,1-4H3. The third kappa shape index (κ3) is 4.26. The van der Waals surface area contributed by atoms with E-state index in [9.17, 15) is 24.5 Å². The number of nitro groups is 1. The molecule has 0 aliphatic rings. The van der Waals surface area contributed by atoms with Gasteiger partial charge in [-0.25, -0.2) is 9.78 Å². The van der Waals surface area contributed by atoms with E-state index >= 15 is 0 Å². The summed E-state index contributed by atoms with van der Waals surface area (Å²) in [5.41, 5.74) is 0.197. The Kier molecular flexibility index (Phi) is 6.47. The molecular formula is C25H23N5O6. The molecule has 11 heteroatoms. The van der Waals surface area contributed by atoms with Gasteiger partial charge in [-0.1, -0.05) is 12.1 Å². The quantitative estimate of drug-likeness (QED) is 0.181. The van der Waals surface area contributed by atoms with Gasteiger partial charge in [-0.3, -0.25) is 24.1 Å². The lowest BCUT2D eigenvalue weighted by Crippen LogP contribution is -2.33. The first-order valence-corrected chi connectivity index (χ1v) is 11.2. The van der Waals surface area contributed by atoms with Gasteiger partial charge in [0.2, 0.25) is 0 Å². The number of rotatable bonds is 5. The molecule has 0 aliphatic carbocycles. The summed E-state index contributed by atoms with van der Waals surface area (Å²) >= 11 is 0. The molecule has 0 saturated heterocycles. The highest BCUT2D eigenvalue weighted by atomic mass is 16.6. The minimum absolute atomic E-state index is 0.0240. The maximum atomic E-state index is 13.3. The molecule has 0 bridgehead atoms. The van der Waals surface area contributed by atoms with Crippen molar-refractivity contribution >= 4 is 34.2 Å². The van der Waals surface area contributed by atoms with E-state index in [1.807, 2.05) is 0 Å². The van der Waals surface area contributed by atoms with Crippen molar-refractivity contribution in [2.75, 3.05) is 6.61 Å². The number of nitrogens with zero attached hydrogens (tertiary/aromatic N) is 5. The van der Waals surface area contributed by atoms with Crippen molar-refractivity contribution in [3.05, 3.63) is 91.3 Å². The molecule has 0 saturated carbocycles. The Morgan fingerprint density at radius 3 is 2.61 bits per heavy atom. The summed E-state index contributed by atoms with van der Waals surface area (Å²) in [5.74, 6) is -1.57. The van der Waals surface area contributed by atoms with Crippen LogP contribution in [0.15, 0.2) is 58.4 Å². The van der Waals surface area contributed by atoms with Crippen molar-refractivity contribution in [1.82, 2.24) is 14.0 Å². The van der Waals surface area contributed by atoms with E-state index in [0.717, 1.165) is 6.07 Å². The Labute approximate surface area is 204 Å². The largest absolute Gasteiger partial charge is 0.462 e. The van der Waals surface area contributed by atoms with Gasteiger partial charge in [-0.05, 0) is 52.0 Å². The van der Waals surface area contributed by atoms with E-state index in [1.165, 1.54) is 27.2 Å². The first kappa shape index (κ1) is 24.5. The lowest BCUT2D eigenvalue weighted by Gasteiger charge is -2.17. The fraction of sp³-hybridized carbons (Fsp3) is 0.240. The fourth-order valence-corrected chi connectivity index (χ4v) is 3.90. The summed E-state index contributed by atoms with van der Waals surface area (Å²) in [6, 6.07) is 10.1. The van der Waals surface area contributed by atoms with Crippen LogP contribution in [-0.2, 0) is 4.74 Å². The molecule has 0 aliphatic heterocycles. The number of aromatic nitrogens is 3. The van der Waals surface area contributed by atoms with Gasteiger partial charge in [-0.15, -0.1) is 0 Å². The summed E-state index contributed by atoms with van der Waals surface area (Å²) in [5, 5.41) is 11.5. The topological polar surface area (TPSA) is 138 Å². The zero-order valence-corrected chi connectivity index (χ0v) is 20.1. The number of ether oxygens (including phenoxy) is 1. The van der Waals surface area contributed by atoms with E-state index in [2.05, 4.69) is 9.98 Å². The maximum Gasteiger partial charge on any atom is 0.341 e. The number of hydrogen-bond acceptors (Lipinski definition) is 7. The van der Waals surface area contributed by atoms with Crippen LogP contribution >= 0.6 is 0 Å². The number of hydrogen-bond donors (Lipinski definition) is 0. The molecule has 0 atom stereocenters. The van der Waals surface area contributed by atoms with E-state index in [0.29, 0.717) is 11.2 Å². The SMILES string of the molecule is CCOC(=O)c1cc2c(=O)n3ccccc3nc2n(C(C)C)c1=NC(=O)c1ccc(C)c([N+](=O)[O-])c1. The number of carbonyl (C=O) groups excluding carboxylic acids is 2. The van der Waals surface area contributed by atoms with Gasteiger partial charge in [0.15, 0.2) is 5.49 Å². The van der Waals surface area contributed by atoms with Crippen molar-refractivity contribution in [3.8, 4) is 0 Å². The first-order chi connectivity index (χ1) is 17.1. The first-order valence-electron chi connectivity index (χ1n) is 11.2. The monoisotopic (exact) mass is 489 g/mol. The predicted molar refractivity (Wildman–Crippen MR) is 131 cm³/mol. The minimum Gasteiger partial charge on any atom is -0.462 e. The molecule has 3 aromatic heterocycles. The van der Waals surface area contributed by atoms with Crippen LogP contribution in [0.1, 0.15) is 53.1 Å². The number of esters is 1. The van der Waals surface area contributed by atoms with Gasteiger partial charge >= 0.3 is 5.97 Å². The highest BCUT2D eigenvalue weighted by Gasteiger charge is 2.22. The number of fused-ring (bicyclic) bond motifs is 2. The molecule has 4 rings (SSSR count). The molecule has 36 heavy (non-hydrogen) atoms. The van der Waals surface area contributed by atoms with Crippen LogP contribution in [0.25, 0.3) is 16.7 Å². The van der Waals surface area contributed by atoms with Gasteiger partial charge in [0.1, 0.15) is 16.9 Å². The molecule has 0 radical (unpaired) electrons. The molecule has 184 valence electrons. The van der Waals surface area contributed by atoms with Gasteiger partial charge in [0, 0.05) is 29.4 Å². The predicted octanol–water partition coefficient (Wildman–Crippen LogP) is 3.36. The second-order valence-corrected chi connectivity index (χ2v) is 8.32. The number of pyridine rings is 2. The van der Waals surface area contributed by atoms with E-state index in [-0.39, 0.29) is 46.0 Å². The number of carbonyl (C=O) groups is 2. The van der Waals surface area contributed by atoms with Crippen LogP contribution in [0.4, 0.5) is 5.69 Å². The second kappa shape index (κ2) is 9.53. The molecule has 4 aromatic rings. The summed E-state index contributed by atoms with van der Waals surface area (Å²) in [6.45, 7) is 6.84. The van der Waals surface area contributed by atoms with Gasteiger partial charge in [-0.2, -0.15) is 4.99 Å². The Bertz CT molecular complexity index is 1680. The molecular weight excluding hydrogens is 466 g/mol. The molecule has 0 spiro atoms. The summed E-state index contributed by atoms with van der Waals surface area (Å²) in [6.07, 6.45) is 1.57. The summed E-state index contributed by atoms with van der Waals surface area (Å²) < 4.78 is 8.07. The number of amides is 1. The Morgan fingerprint density at radius 2 is 1.94 bits per heavy atom. The Morgan fingerprint density at radius 1 is 1.19 bits per heavy atom. The maximum absolute atomic E-state index is 13.3. The molecule has 1 amide bonds. The van der Waals surface area contributed by atoms with E-state index < -0.39 is 22.4 Å². The third-order valence-corrected chi connectivity index (χ3v) is 5.61. The average Bonchev–Trinajstić information content (AvgIpc) is 2.83.